The second-order valence-corrected chi connectivity index (χ2v) is 8.03. The molecule has 0 saturated carbocycles. The van der Waals surface area contributed by atoms with Crippen molar-refractivity contribution in [3.05, 3.63) is 54.2 Å². The summed E-state index contributed by atoms with van der Waals surface area (Å²) in [6.07, 6.45) is 1.37. The number of carbonyl (C=O) groups excluding carboxylic acids is 1. The van der Waals surface area contributed by atoms with Crippen LogP contribution in [0, 0.1) is 5.82 Å². The molecular weight excluding hydrogens is 397 g/mol. The molecule has 10 heteroatoms. The van der Waals surface area contributed by atoms with Crippen LogP contribution in [0.4, 0.5) is 4.39 Å². The second kappa shape index (κ2) is 6.93. The first kappa shape index (κ1) is 19.3. The molecule has 7 nitrogen and oxygen atoms in total. The van der Waals surface area contributed by atoms with Crippen LogP contribution in [0.25, 0.3) is 0 Å². The number of benzene rings is 1. The van der Waals surface area contributed by atoms with Crippen molar-refractivity contribution >= 4 is 33.4 Å². The molecule has 0 N–H and O–H groups in total. The van der Waals surface area contributed by atoms with Crippen LogP contribution < -0.4 is 0 Å². The Balaban J connectivity index is 2.13. The molecule has 1 aliphatic heterocycles. The molecule has 2 atom stereocenters. The maximum atomic E-state index is 13.2. The quantitative estimate of drug-likeness (QED) is 0.550. The molecule has 0 unspecified atom stereocenters. The normalized spacial score (nSPS) is 22.6. The van der Waals surface area contributed by atoms with Gasteiger partial charge in [-0.25, -0.2) is 21.9 Å². The summed E-state index contributed by atoms with van der Waals surface area (Å²) in [5.74, 6) is -1.24. The monoisotopic (exact) mass is 413 g/mol. The van der Waals surface area contributed by atoms with Gasteiger partial charge < -0.3 is 13.9 Å². The van der Waals surface area contributed by atoms with Gasteiger partial charge >= 0.3 is 5.97 Å². The highest BCUT2D eigenvalue weighted by Gasteiger charge is 2.60. The molecular formula is C17H16FNO6S2. The predicted molar refractivity (Wildman–Crippen MR) is 95.6 cm³/mol. The number of hydrogen-bond donors (Lipinski definition) is 0. The second-order valence-electron chi connectivity index (χ2n) is 5.86. The van der Waals surface area contributed by atoms with Crippen molar-refractivity contribution in [3.8, 4) is 0 Å². The molecule has 2 heterocycles. The number of ether oxygens (including phenoxy) is 2. The minimum atomic E-state index is -4.32. The van der Waals surface area contributed by atoms with Gasteiger partial charge in [-0.15, -0.1) is 0 Å². The third-order valence-corrected chi connectivity index (χ3v) is 6.28. The van der Waals surface area contributed by atoms with E-state index < -0.39 is 38.6 Å². The summed E-state index contributed by atoms with van der Waals surface area (Å²) >= 11 is 5.12. The average Bonchev–Trinajstić information content (AvgIpc) is 3.22. The smallest absolute Gasteiger partial charge is 0.334 e. The SMILES string of the molecule is CCOC(=O)[C@H]1N(S(=O)(=O)c2ccc(F)cc2)C(=S)O[C@@]1(C)c1ccco1. The van der Waals surface area contributed by atoms with Gasteiger partial charge in [-0.3, -0.25) is 0 Å². The molecule has 0 aliphatic carbocycles. The molecule has 0 spiro atoms. The molecule has 1 aromatic heterocycles. The first-order valence-corrected chi connectivity index (χ1v) is 9.80. The first-order valence-electron chi connectivity index (χ1n) is 7.95. The highest BCUT2D eigenvalue weighted by molar-refractivity contribution is 7.91. The number of hydrogen-bond acceptors (Lipinski definition) is 7. The fraction of sp³-hybridized carbons (Fsp3) is 0.294. The van der Waals surface area contributed by atoms with Gasteiger partial charge in [0.15, 0.2) is 11.6 Å². The zero-order chi connectivity index (χ0) is 19.8. The van der Waals surface area contributed by atoms with Crippen molar-refractivity contribution in [1.29, 1.82) is 0 Å². The van der Waals surface area contributed by atoms with Crippen molar-refractivity contribution in [2.24, 2.45) is 0 Å². The zero-order valence-corrected chi connectivity index (χ0v) is 16.1. The molecule has 2 aromatic rings. The summed E-state index contributed by atoms with van der Waals surface area (Å²) in [4.78, 5) is 12.4. The summed E-state index contributed by atoms with van der Waals surface area (Å²) in [5.41, 5.74) is -1.53. The highest BCUT2D eigenvalue weighted by atomic mass is 32.2. The van der Waals surface area contributed by atoms with E-state index in [9.17, 15) is 17.6 Å². The Morgan fingerprint density at radius 2 is 2.00 bits per heavy atom. The summed E-state index contributed by atoms with van der Waals surface area (Å²) in [5, 5.41) is -0.434. The van der Waals surface area contributed by atoms with Gasteiger partial charge in [0.2, 0.25) is 0 Å². The van der Waals surface area contributed by atoms with E-state index in [1.165, 1.54) is 13.2 Å². The lowest BCUT2D eigenvalue weighted by molar-refractivity contribution is -0.151. The summed E-state index contributed by atoms with van der Waals surface area (Å²) < 4.78 is 56.2. The molecule has 1 saturated heterocycles. The Hall–Kier alpha value is -2.46. The van der Waals surface area contributed by atoms with Crippen molar-refractivity contribution in [3.63, 3.8) is 0 Å². The van der Waals surface area contributed by atoms with Crippen LogP contribution in [0.3, 0.4) is 0 Å². The fourth-order valence-corrected chi connectivity index (χ4v) is 4.93. The summed E-state index contributed by atoms with van der Waals surface area (Å²) in [6.45, 7) is 3.11. The number of furan rings is 1. The maximum absolute atomic E-state index is 13.2. The highest BCUT2D eigenvalue weighted by Crippen LogP contribution is 2.42. The van der Waals surface area contributed by atoms with Crippen LogP contribution in [-0.4, -0.2) is 36.5 Å². The molecule has 3 rings (SSSR count). The van der Waals surface area contributed by atoms with Crippen LogP contribution in [-0.2, 0) is 29.9 Å². The van der Waals surface area contributed by atoms with Crippen molar-refractivity contribution in [1.82, 2.24) is 4.31 Å². The number of nitrogens with zero attached hydrogens (tertiary/aromatic N) is 1. The van der Waals surface area contributed by atoms with Gasteiger partial charge in [0.25, 0.3) is 15.2 Å². The number of thiocarbonyl (C=S) groups is 1. The van der Waals surface area contributed by atoms with Gasteiger partial charge in [0.05, 0.1) is 17.8 Å². The number of halogens is 1. The van der Waals surface area contributed by atoms with Crippen LogP contribution in [0.15, 0.2) is 52.0 Å². The van der Waals surface area contributed by atoms with Crippen LogP contribution in [0.5, 0.6) is 0 Å². The molecule has 144 valence electrons. The van der Waals surface area contributed by atoms with Gasteiger partial charge in [-0.2, -0.15) is 0 Å². The lowest BCUT2D eigenvalue weighted by Gasteiger charge is -2.28. The minimum Gasteiger partial charge on any atom is -0.465 e. The van der Waals surface area contributed by atoms with Crippen molar-refractivity contribution in [2.45, 2.75) is 30.4 Å². The van der Waals surface area contributed by atoms with Crippen LogP contribution in [0.1, 0.15) is 19.6 Å². The molecule has 0 bridgehead atoms. The van der Waals surface area contributed by atoms with E-state index in [1.54, 1.807) is 19.1 Å². The Labute approximate surface area is 160 Å². The van der Waals surface area contributed by atoms with E-state index in [1.807, 2.05) is 0 Å². The van der Waals surface area contributed by atoms with Gasteiger partial charge in [0.1, 0.15) is 11.6 Å². The topological polar surface area (TPSA) is 86.0 Å². The summed E-state index contributed by atoms with van der Waals surface area (Å²) in [6, 6.07) is 5.83. The Morgan fingerprint density at radius 3 is 2.56 bits per heavy atom. The largest absolute Gasteiger partial charge is 0.465 e. The molecule has 1 fully saturated rings. The minimum absolute atomic E-state index is 0.0285. The average molecular weight is 413 g/mol. The van der Waals surface area contributed by atoms with E-state index in [-0.39, 0.29) is 17.3 Å². The molecule has 1 aromatic carbocycles. The number of esters is 1. The number of carbonyl (C=O) groups is 1. The molecule has 1 aliphatic rings. The van der Waals surface area contributed by atoms with E-state index in [0.29, 0.717) is 4.31 Å². The van der Waals surface area contributed by atoms with Gasteiger partial charge in [0, 0.05) is 0 Å². The first-order chi connectivity index (χ1) is 12.7. The van der Waals surface area contributed by atoms with E-state index in [2.05, 4.69) is 0 Å². The van der Waals surface area contributed by atoms with E-state index >= 15 is 0 Å². The standard InChI is InChI=1S/C17H16FNO6S2/c1-3-23-15(20)14-17(2,13-5-4-10-24-13)25-16(26)19(14)27(21,22)12-8-6-11(18)7-9-12/h4-10,14H,3H2,1-2H3/t14-,17+/m1/s1. The Morgan fingerprint density at radius 1 is 1.33 bits per heavy atom. The summed E-state index contributed by atoms with van der Waals surface area (Å²) in [7, 11) is -4.32. The van der Waals surface area contributed by atoms with Crippen LogP contribution in [0.2, 0.25) is 0 Å². The van der Waals surface area contributed by atoms with E-state index in [0.717, 1.165) is 24.3 Å². The molecule has 0 amide bonds. The van der Waals surface area contributed by atoms with Gasteiger partial charge in [-0.1, -0.05) is 0 Å². The number of rotatable bonds is 5. The Kier molecular flexibility index (Phi) is 4.96. The number of sulfonamides is 1. The molecule has 27 heavy (non-hydrogen) atoms. The van der Waals surface area contributed by atoms with E-state index in [4.69, 9.17) is 26.1 Å². The molecule has 0 radical (unpaired) electrons. The van der Waals surface area contributed by atoms with Gasteiger partial charge in [-0.05, 0) is 62.5 Å². The maximum Gasteiger partial charge on any atom is 0.334 e. The third kappa shape index (κ3) is 3.19. The Bertz CT molecular complexity index is 958. The van der Waals surface area contributed by atoms with Crippen molar-refractivity contribution < 1.29 is 31.5 Å². The lowest BCUT2D eigenvalue weighted by Crippen LogP contribution is -2.50. The van der Waals surface area contributed by atoms with Crippen LogP contribution >= 0.6 is 12.2 Å². The van der Waals surface area contributed by atoms with Crippen molar-refractivity contribution in [2.75, 3.05) is 6.61 Å². The fourth-order valence-electron chi connectivity index (χ4n) is 2.86. The predicted octanol–water partition coefficient (Wildman–Crippen LogP) is 2.57. The third-order valence-electron chi connectivity index (χ3n) is 4.13. The zero-order valence-electron chi connectivity index (χ0n) is 14.4. The lowest BCUT2D eigenvalue weighted by atomic mass is 9.94.